The number of ketones is 1. The molecule has 0 radical (unpaired) electrons. The number of nitrogens with one attached hydrogen (secondary N) is 1. The van der Waals surface area contributed by atoms with E-state index >= 15 is 0 Å². The highest BCUT2D eigenvalue weighted by molar-refractivity contribution is 6.88. The number of allylic oxidation sites excluding steroid dienone is 2. The molecule has 1 saturated heterocycles. The quantitative estimate of drug-likeness (QED) is 0.313. The van der Waals surface area contributed by atoms with Crippen LogP contribution in [0.3, 0.4) is 0 Å². The van der Waals surface area contributed by atoms with Crippen molar-refractivity contribution in [2.24, 2.45) is 11.8 Å². The van der Waals surface area contributed by atoms with Gasteiger partial charge in [0.05, 0.1) is 12.5 Å². The number of aliphatic hydroxyl groups is 1. The van der Waals surface area contributed by atoms with E-state index in [1.165, 1.54) is 11.0 Å². The van der Waals surface area contributed by atoms with E-state index in [0.717, 1.165) is 5.57 Å². The minimum atomic E-state index is -2.27. The van der Waals surface area contributed by atoms with Crippen LogP contribution in [0.5, 0.6) is 0 Å². The van der Waals surface area contributed by atoms with Crippen molar-refractivity contribution < 1.29 is 37.9 Å². The minimum Gasteiger partial charge on any atom is -0.460 e. The number of ether oxygens (including phenoxy) is 1. The van der Waals surface area contributed by atoms with Crippen LogP contribution >= 0.6 is 0 Å². The first-order valence-corrected chi connectivity index (χ1v) is 24.2. The molecular weight excluding hydrogens is 671 g/mol. The molecule has 0 spiro atoms. The van der Waals surface area contributed by atoms with Gasteiger partial charge in [0.1, 0.15) is 31.4 Å². The van der Waals surface area contributed by atoms with Gasteiger partial charge < -0.3 is 28.9 Å². The topological polar surface area (TPSA) is 148 Å². The van der Waals surface area contributed by atoms with E-state index in [1.807, 2.05) is 51.7 Å². The van der Waals surface area contributed by atoms with Gasteiger partial charge in [0.2, 0.25) is 11.8 Å². The summed E-state index contributed by atoms with van der Waals surface area (Å²) >= 11 is 0. The normalized spacial score (nSPS) is 25.4. The number of fused-ring (bicyclic) bond motifs is 3. The summed E-state index contributed by atoms with van der Waals surface area (Å²) in [5, 5.41) is 13.2. The lowest BCUT2D eigenvalue weighted by Gasteiger charge is -2.38. The molecule has 2 bridgehead atoms. The first-order chi connectivity index (χ1) is 23.1. The van der Waals surface area contributed by atoms with Gasteiger partial charge in [-0.2, -0.15) is 0 Å². The number of hydrogen-bond donors (Lipinski definition) is 2. The summed E-state index contributed by atoms with van der Waals surface area (Å²) in [6, 6.07) is -0.844. The van der Waals surface area contributed by atoms with Crippen molar-refractivity contribution in [1.29, 1.82) is 0 Å². The average molecular weight is 730 g/mol. The number of nitrogens with zero attached hydrogens (tertiary/aromatic N) is 2. The van der Waals surface area contributed by atoms with Gasteiger partial charge in [-0.25, -0.2) is 9.78 Å². The third-order valence-corrected chi connectivity index (χ3v) is 16.0. The number of aliphatic hydroxyl groups excluding tert-OH is 1. The molecule has 2 amide bonds. The van der Waals surface area contributed by atoms with Crippen LogP contribution in [0.15, 0.2) is 40.4 Å². The summed E-state index contributed by atoms with van der Waals surface area (Å²) < 4.78 is 18.9. The van der Waals surface area contributed by atoms with E-state index in [1.54, 1.807) is 13.0 Å². The van der Waals surface area contributed by atoms with Gasteiger partial charge in [0.25, 0.3) is 5.91 Å². The predicted octanol–water partition coefficient (Wildman–Crippen LogP) is 5.08. The Balaban J connectivity index is 2.07. The zero-order valence-corrected chi connectivity index (χ0v) is 33.9. The second kappa shape index (κ2) is 16.9. The number of carbonyl (C=O) groups excluding carboxylic acids is 4. The lowest BCUT2D eigenvalue weighted by Crippen LogP contribution is -2.48. The maximum absolute atomic E-state index is 14.1. The van der Waals surface area contributed by atoms with E-state index < -0.39 is 58.4 Å². The van der Waals surface area contributed by atoms with Crippen LogP contribution in [0, 0.1) is 11.8 Å². The van der Waals surface area contributed by atoms with Crippen LogP contribution in [0.2, 0.25) is 37.8 Å². The van der Waals surface area contributed by atoms with Crippen molar-refractivity contribution in [3.8, 4) is 0 Å². The predicted molar refractivity (Wildman–Crippen MR) is 199 cm³/mol. The number of hydrogen-bond acceptors (Lipinski definition) is 9. The maximum atomic E-state index is 14.1. The molecule has 1 aromatic heterocycles. The molecule has 1 aromatic rings. The zero-order chi connectivity index (χ0) is 37.6. The molecule has 50 heavy (non-hydrogen) atoms. The van der Waals surface area contributed by atoms with Crippen molar-refractivity contribution in [3.63, 3.8) is 0 Å². The molecule has 0 aliphatic carbocycles. The van der Waals surface area contributed by atoms with Crippen LogP contribution in [0.25, 0.3) is 0 Å². The Bertz CT molecular complexity index is 1480. The number of amides is 2. The molecule has 3 rings (SSSR count). The molecular formula is C37H59N3O8Si2. The molecule has 11 nitrogen and oxygen atoms in total. The molecule has 0 aromatic carbocycles. The number of aromatic nitrogens is 1. The standard InChI is InChI=1S/C37H59N3O8Si2/c1-24-14-12-18-38-30(43)17-16-25(2)33(26(3)23-41)47-35(45)29-15-13-19-40(29)34(44)32-36(49(7,8)9)46-31(39-32)22-27(42)21-28(20-24)48-50(10,11)37(4,5)6/h12,14,16-17,20,25-26,28-29,33,41H,13,15,18-19,21-23H2,1-11H3,(H,38,43)/b14-12?,17-16+,24-20?/t25-,26-,28?,29-,33+/m1/s1. The second-order valence-electron chi connectivity index (χ2n) is 16.4. The SMILES string of the molecule is CC1=CC(O[Si](C)(C)C(C)(C)C)CC(=O)Cc2nc(c([Si](C)(C)C)o2)C(=O)N2CCC[C@@H]2C(=O)O[C@H]([C@H](C)CO)[C@H](C)/C=C/C(=O)NCC=C1. The van der Waals surface area contributed by atoms with E-state index in [2.05, 4.69) is 44.2 Å². The van der Waals surface area contributed by atoms with Crippen LogP contribution in [-0.4, -0.2) is 92.9 Å². The number of esters is 1. The number of Topliss-reactive ketones (excluding diaryl/α,β-unsaturated/α-hetero) is 1. The third kappa shape index (κ3) is 10.9. The molecule has 2 aliphatic rings. The fraction of sp³-hybridized carbons (Fsp3) is 0.649. The summed E-state index contributed by atoms with van der Waals surface area (Å²) in [6.45, 7) is 22.8. The third-order valence-electron chi connectivity index (χ3n) is 9.76. The van der Waals surface area contributed by atoms with Crippen molar-refractivity contribution in [3.05, 3.63) is 47.5 Å². The first kappa shape index (κ1) is 41.3. The van der Waals surface area contributed by atoms with Crippen molar-refractivity contribution in [1.82, 2.24) is 15.2 Å². The molecule has 13 heteroatoms. The maximum Gasteiger partial charge on any atom is 0.329 e. The van der Waals surface area contributed by atoms with Gasteiger partial charge in [-0.3, -0.25) is 14.4 Å². The minimum absolute atomic E-state index is 0.0806. The van der Waals surface area contributed by atoms with Gasteiger partial charge in [-0.15, -0.1) is 0 Å². The number of oxazole rings is 1. The molecule has 2 aliphatic heterocycles. The summed E-state index contributed by atoms with van der Waals surface area (Å²) in [5.74, 6) is -2.09. The van der Waals surface area contributed by atoms with Gasteiger partial charge in [-0.05, 0) is 44.0 Å². The number of cyclic esters (lactones) is 1. The van der Waals surface area contributed by atoms with Crippen molar-refractivity contribution in [2.45, 2.75) is 123 Å². The summed E-state index contributed by atoms with van der Waals surface area (Å²) in [6.07, 6.45) is 8.51. The van der Waals surface area contributed by atoms with E-state index in [4.69, 9.17) is 13.6 Å². The Morgan fingerprint density at radius 2 is 1.80 bits per heavy atom. The summed E-state index contributed by atoms with van der Waals surface area (Å²) in [5.41, 5.74) is 1.02. The fourth-order valence-electron chi connectivity index (χ4n) is 5.86. The van der Waals surface area contributed by atoms with Crippen LogP contribution < -0.4 is 10.7 Å². The Kier molecular flexibility index (Phi) is 14.0. The highest BCUT2D eigenvalue weighted by Crippen LogP contribution is 2.38. The van der Waals surface area contributed by atoms with Gasteiger partial charge in [0.15, 0.2) is 14.0 Å². The van der Waals surface area contributed by atoms with Crippen LogP contribution in [-0.2, 0) is 30.0 Å². The molecule has 1 unspecified atom stereocenters. The highest BCUT2D eigenvalue weighted by atomic mass is 28.4. The van der Waals surface area contributed by atoms with Crippen LogP contribution in [0.4, 0.5) is 0 Å². The number of rotatable bonds is 5. The van der Waals surface area contributed by atoms with Crippen LogP contribution in [0.1, 0.15) is 77.2 Å². The van der Waals surface area contributed by atoms with E-state index in [0.29, 0.717) is 24.8 Å². The van der Waals surface area contributed by atoms with Gasteiger partial charge in [-0.1, -0.05) is 84.1 Å². The monoisotopic (exact) mass is 729 g/mol. The zero-order valence-electron chi connectivity index (χ0n) is 31.9. The van der Waals surface area contributed by atoms with Gasteiger partial charge >= 0.3 is 5.97 Å². The van der Waals surface area contributed by atoms with Crippen molar-refractivity contribution >= 4 is 45.3 Å². The van der Waals surface area contributed by atoms with Gasteiger partial charge in [0, 0.05) is 38.0 Å². The van der Waals surface area contributed by atoms with Crippen molar-refractivity contribution in [2.75, 3.05) is 19.7 Å². The molecule has 1 fully saturated rings. The fourth-order valence-corrected chi connectivity index (χ4v) is 8.42. The lowest BCUT2D eigenvalue weighted by molar-refractivity contribution is -0.159. The largest absolute Gasteiger partial charge is 0.460 e. The summed E-state index contributed by atoms with van der Waals surface area (Å²) in [4.78, 5) is 60.2. The Morgan fingerprint density at radius 3 is 2.42 bits per heavy atom. The Labute approximate surface area is 300 Å². The average Bonchev–Trinajstić information content (AvgIpc) is 3.67. The first-order valence-electron chi connectivity index (χ1n) is 17.8. The lowest BCUT2D eigenvalue weighted by atomic mass is 9.93. The summed E-state index contributed by atoms with van der Waals surface area (Å²) in [7, 11) is -4.54. The molecule has 5 atom stereocenters. The molecule has 2 N–H and O–H groups in total. The second-order valence-corrected chi connectivity index (χ2v) is 26.1. The Hall–Kier alpha value is -3.14. The Morgan fingerprint density at radius 1 is 1.12 bits per heavy atom. The smallest absolute Gasteiger partial charge is 0.329 e. The van der Waals surface area contributed by atoms with E-state index in [9.17, 15) is 24.3 Å². The van der Waals surface area contributed by atoms with E-state index in [-0.39, 0.29) is 54.3 Å². The molecule has 3 heterocycles. The highest BCUT2D eigenvalue weighted by Gasteiger charge is 2.42. The molecule has 0 saturated carbocycles. The number of carbonyl (C=O) groups is 4. The molecule has 278 valence electrons.